The summed E-state index contributed by atoms with van der Waals surface area (Å²) in [6.45, 7) is 10.2. The molecule has 0 spiro atoms. The SMILES string of the molecule is Cc1nnc(-c2cccc(C#N)c2)n1[C@H](C)c1ncc(C(C)(C)C)o1. The second kappa shape index (κ2) is 6.17. The normalized spacial score (nSPS) is 12.8. The highest BCUT2D eigenvalue weighted by atomic mass is 16.4. The highest BCUT2D eigenvalue weighted by Crippen LogP contribution is 2.29. The van der Waals surface area contributed by atoms with Crippen molar-refractivity contribution in [3.8, 4) is 17.5 Å². The number of hydrogen-bond acceptors (Lipinski definition) is 5. The molecule has 1 aromatic carbocycles. The summed E-state index contributed by atoms with van der Waals surface area (Å²) in [5, 5.41) is 17.6. The molecular weight excluding hydrogens is 314 g/mol. The second-order valence-corrected chi connectivity index (χ2v) is 7.12. The molecule has 25 heavy (non-hydrogen) atoms. The van der Waals surface area contributed by atoms with Crippen LogP contribution < -0.4 is 0 Å². The molecule has 3 rings (SSSR count). The first kappa shape index (κ1) is 16.9. The Morgan fingerprint density at radius 3 is 2.64 bits per heavy atom. The van der Waals surface area contributed by atoms with Crippen molar-refractivity contribution in [1.29, 1.82) is 5.26 Å². The minimum absolute atomic E-state index is 0.100. The van der Waals surface area contributed by atoms with E-state index >= 15 is 0 Å². The third-order valence-electron chi connectivity index (χ3n) is 4.12. The van der Waals surface area contributed by atoms with Gasteiger partial charge in [-0.15, -0.1) is 10.2 Å². The first-order valence-corrected chi connectivity index (χ1v) is 8.19. The van der Waals surface area contributed by atoms with Crippen LogP contribution in [0.1, 0.15) is 56.8 Å². The number of aryl methyl sites for hydroxylation is 1. The van der Waals surface area contributed by atoms with Crippen LogP contribution in [0.15, 0.2) is 34.9 Å². The third kappa shape index (κ3) is 3.18. The van der Waals surface area contributed by atoms with Crippen molar-refractivity contribution in [3.05, 3.63) is 53.5 Å². The van der Waals surface area contributed by atoms with Gasteiger partial charge < -0.3 is 4.42 Å². The minimum atomic E-state index is -0.160. The average Bonchev–Trinajstić information content (AvgIpc) is 3.21. The molecule has 6 nitrogen and oxygen atoms in total. The van der Waals surface area contributed by atoms with Gasteiger partial charge in [-0.25, -0.2) is 4.98 Å². The minimum Gasteiger partial charge on any atom is -0.443 e. The number of aromatic nitrogens is 4. The van der Waals surface area contributed by atoms with Crippen LogP contribution in [0, 0.1) is 18.3 Å². The van der Waals surface area contributed by atoms with E-state index in [1.807, 2.05) is 36.6 Å². The van der Waals surface area contributed by atoms with E-state index in [1.165, 1.54) is 0 Å². The molecular formula is C19H21N5O. The number of rotatable bonds is 3. The molecule has 0 aliphatic rings. The summed E-state index contributed by atoms with van der Waals surface area (Å²) in [5.74, 6) is 2.91. The largest absolute Gasteiger partial charge is 0.443 e. The summed E-state index contributed by atoms with van der Waals surface area (Å²) in [6.07, 6.45) is 1.78. The lowest BCUT2D eigenvalue weighted by molar-refractivity contribution is 0.355. The van der Waals surface area contributed by atoms with Gasteiger partial charge in [0, 0.05) is 11.0 Å². The molecule has 0 fully saturated rings. The van der Waals surface area contributed by atoms with Crippen LogP contribution in [-0.4, -0.2) is 19.7 Å². The molecule has 2 aromatic heterocycles. The number of benzene rings is 1. The van der Waals surface area contributed by atoms with Crippen LogP contribution in [0.2, 0.25) is 0 Å². The van der Waals surface area contributed by atoms with Crippen molar-refractivity contribution in [2.24, 2.45) is 0 Å². The molecule has 0 unspecified atom stereocenters. The van der Waals surface area contributed by atoms with Crippen LogP contribution >= 0.6 is 0 Å². The lowest BCUT2D eigenvalue weighted by Crippen LogP contribution is -2.12. The van der Waals surface area contributed by atoms with Crippen LogP contribution in [0.4, 0.5) is 0 Å². The Morgan fingerprint density at radius 2 is 2.00 bits per heavy atom. The Labute approximate surface area is 147 Å². The van der Waals surface area contributed by atoms with E-state index in [4.69, 9.17) is 9.68 Å². The van der Waals surface area contributed by atoms with Gasteiger partial charge in [0.15, 0.2) is 5.82 Å². The van der Waals surface area contributed by atoms with Crippen LogP contribution in [0.5, 0.6) is 0 Å². The molecule has 0 bridgehead atoms. The zero-order valence-electron chi connectivity index (χ0n) is 15.1. The fraction of sp³-hybridized carbons (Fsp3) is 0.368. The van der Waals surface area contributed by atoms with Crippen molar-refractivity contribution < 1.29 is 4.42 Å². The number of oxazole rings is 1. The van der Waals surface area contributed by atoms with Crippen molar-refractivity contribution >= 4 is 0 Å². The lowest BCUT2D eigenvalue weighted by atomic mass is 9.94. The first-order valence-electron chi connectivity index (χ1n) is 8.19. The molecule has 2 heterocycles. The highest BCUT2D eigenvalue weighted by molar-refractivity contribution is 5.58. The number of hydrogen-bond donors (Lipinski definition) is 0. The first-order chi connectivity index (χ1) is 11.8. The van der Waals surface area contributed by atoms with Crippen LogP contribution in [0.3, 0.4) is 0 Å². The maximum Gasteiger partial charge on any atom is 0.217 e. The number of nitrogens with zero attached hydrogens (tertiary/aromatic N) is 5. The van der Waals surface area contributed by atoms with Gasteiger partial charge in [-0.2, -0.15) is 5.26 Å². The van der Waals surface area contributed by atoms with E-state index in [9.17, 15) is 0 Å². The third-order valence-corrected chi connectivity index (χ3v) is 4.12. The van der Waals surface area contributed by atoms with E-state index < -0.39 is 0 Å². The van der Waals surface area contributed by atoms with E-state index in [2.05, 4.69) is 42.0 Å². The molecule has 0 amide bonds. The van der Waals surface area contributed by atoms with Gasteiger partial charge in [0.05, 0.1) is 17.8 Å². The molecule has 6 heteroatoms. The smallest absolute Gasteiger partial charge is 0.217 e. The topological polar surface area (TPSA) is 80.5 Å². The Morgan fingerprint density at radius 1 is 1.24 bits per heavy atom. The van der Waals surface area contributed by atoms with Gasteiger partial charge in [-0.3, -0.25) is 4.57 Å². The predicted molar refractivity (Wildman–Crippen MR) is 93.9 cm³/mol. The van der Waals surface area contributed by atoms with Gasteiger partial charge in [0.1, 0.15) is 17.6 Å². The summed E-state index contributed by atoms with van der Waals surface area (Å²) >= 11 is 0. The molecule has 0 radical (unpaired) electrons. The zero-order chi connectivity index (χ0) is 18.2. The van der Waals surface area contributed by atoms with E-state index in [1.54, 1.807) is 12.3 Å². The van der Waals surface area contributed by atoms with Gasteiger partial charge in [-0.05, 0) is 26.0 Å². The Bertz CT molecular complexity index is 939. The lowest BCUT2D eigenvalue weighted by Gasteiger charge is -2.16. The summed E-state index contributed by atoms with van der Waals surface area (Å²) in [5.41, 5.74) is 1.33. The molecule has 3 aromatic rings. The Hall–Kier alpha value is -2.94. The van der Waals surface area contributed by atoms with Crippen LogP contribution in [-0.2, 0) is 5.41 Å². The fourth-order valence-corrected chi connectivity index (χ4v) is 2.70. The van der Waals surface area contributed by atoms with Crippen molar-refractivity contribution in [2.75, 3.05) is 0 Å². The molecule has 0 saturated heterocycles. The Kier molecular flexibility index (Phi) is 4.17. The van der Waals surface area contributed by atoms with Gasteiger partial charge in [-0.1, -0.05) is 32.9 Å². The molecule has 0 saturated carbocycles. The number of nitriles is 1. The van der Waals surface area contributed by atoms with E-state index in [0.717, 1.165) is 17.1 Å². The van der Waals surface area contributed by atoms with Crippen LogP contribution in [0.25, 0.3) is 11.4 Å². The highest BCUT2D eigenvalue weighted by Gasteiger charge is 2.25. The molecule has 1 atom stereocenters. The van der Waals surface area contributed by atoms with E-state index in [0.29, 0.717) is 17.3 Å². The Balaban J connectivity index is 2.04. The molecule has 0 N–H and O–H groups in total. The van der Waals surface area contributed by atoms with Crippen molar-refractivity contribution in [1.82, 2.24) is 19.7 Å². The maximum atomic E-state index is 9.13. The molecule has 0 aliphatic carbocycles. The van der Waals surface area contributed by atoms with Crippen molar-refractivity contribution in [2.45, 2.75) is 46.1 Å². The summed E-state index contributed by atoms with van der Waals surface area (Å²) in [7, 11) is 0. The van der Waals surface area contributed by atoms with Gasteiger partial charge in [0.2, 0.25) is 5.89 Å². The quantitative estimate of drug-likeness (QED) is 0.722. The second-order valence-electron chi connectivity index (χ2n) is 7.12. The van der Waals surface area contributed by atoms with Gasteiger partial charge >= 0.3 is 0 Å². The zero-order valence-corrected chi connectivity index (χ0v) is 15.1. The predicted octanol–water partition coefficient (Wildman–Crippen LogP) is 4.02. The molecule has 128 valence electrons. The summed E-state index contributed by atoms with van der Waals surface area (Å²) in [4.78, 5) is 4.45. The summed E-state index contributed by atoms with van der Waals surface area (Å²) in [6, 6.07) is 9.34. The monoisotopic (exact) mass is 335 g/mol. The summed E-state index contributed by atoms with van der Waals surface area (Å²) < 4.78 is 7.97. The van der Waals surface area contributed by atoms with E-state index in [-0.39, 0.29) is 11.5 Å². The van der Waals surface area contributed by atoms with Gasteiger partial charge in [0.25, 0.3) is 0 Å². The molecule has 0 aliphatic heterocycles. The fourth-order valence-electron chi connectivity index (χ4n) is 2.70. The average molecular weight is 335 g/mol. The standard InChI is InChI=1S/C19H21N5O/c1-12(18-21-11-16(25-18)19(3,4)5)24-13(2)22-23-17(24)15-8-6-7-14(9-15)10-20/h6-9,11-12H,1-5H3/t12-/m1/s1. The van der Waals surface area contributed by atoms with Crippen molar-refractivity contribution in [3.63, 3.8) is 0 Å². The maximum absolute atomic E-state index is 9.13.